The van der Waals surface area contributed by atoms with E-state index < -0.39 is 0 Å². The molecule has 0 unspecified atom stereocenters. The Kier molecular flexibility index (Phi) is 5.52. The monoisotopic (exact) mass is 276 g/mol. The first kappa shape index (κ1) is 14.8. The van der Waals surface area contributed by atoms with E-state index >= 15 is 0 Å². The van der Waals surface area contributed by atoms with E-state index in [1.54, 1.807) is 0 Å². The van der Waals surface area contributed by atoms with Crippen molar-refractivity contribution < 1.29 is 4.74 Å². The molecule has 0 saturated heterocycles. The van der Waals surface area contributed by atoms with Gasteiger partial charge in [0.25, 0.3) is 0 Å². The topological polar surface area (TPSA) is 56.8 Å². The van der Waals surface area contributed by atoms with Crippen LogP contribution in [0.15, 0.2) is 48.5 Å². The van der Waals surface area contributed by atoms with Crippen LogP contribution < -0.4 is 0 Å². The van der Waals surface area contributed by atoms with E-state index in [4.69, 9.17) is 15.3 Å². The van der Waals surface area contributed by atoms with Crippen LogP contribution in [0.5, 0.6) is 0 Å². The summed E-state index contributed by atoms with van der Waals surface area (Å²) in [5.74, 6) is 0. The Morgan fingerprint density at radius 1 is 0.714 bits per heavy atom. The lowest BCUT2D eigenvalue weighted by atomic mass is 10.1. The summed E-state index contributed by atoms with van der Waals surface area (Å²) in [4.78, 5) is 0. The van der Waals surface area contributed by atoms with Gasteiger partial charge in [0.1, 0.15) is 0 Å². The first-order valence-corrected chi connectivity index (χ1v) is 6.89. The van der Waals surface area contributed by atoms with Crippen molar-refractivity contribution in [2.75, 3.05) is 13.2 Å². The molecule has 0 radical (unpaired) electrons. The predicted octanol–water partition coefficient (Wildman–Crippen LogP) is 3.23. The smallest absolute Gasteiger partial charge is 0.0994 e. The quantitative estimate of drug-likeness (QED) is 0.761. The van der Waals surface area contributed by atoms with E-state index in [0.717, 1.165) is 24.0 Å². The van der Waals surface area contributed by atoms with Crippen molar-refractivity contribution in [2.24, 2.45) is 0 Å². The van der Waals surface area contributed by atoms with Gasteiger partial charge >= 0.3 is 0 Å². The van der Waals surface area contributed by atoms with E-state index in [-0.39, 0.29) is 0 Å². The minimum atomic E-state index is 0.577. The normalized spacial score (nSPS) is 9.81. The Hall–Kier alpha value is -2.62. The number of ether oxygens (including phenoxy) is 1. The molecule has 2 aromatic carbocycles. The molecule has 0 spiro atoms. The van der Waals surface area contributed by atoms with Crippen LogP contribution in [-0.4, -0.2) is 13.2 Å². The minimum Gasteiger partial charge on any atom is -0.381 e. The van der Waals surface area contributed by atoms with Crippen molar-refractivity contribution in [1.82, 2.24) is 0 Å². The molecular formula is C18H16N2O. The molecule has 2 aromatic rings. The molecule has 0 aromatic heterocycles. The lowest BCUT2D eigenvalue weighted by Crippen LogP contribution is -2.04. The first-order chi connectivity index (χ1) is 10.3. The number of rotatable bonds is 6. The third-order valence-electron chi connectivity index (χ3n) is 3.31. The molecule has 0 amide bonds. The van der Waals surface area contributed by atoms with Gasteiger partial charge in [-0.3, -0.25) is 0 Å². The minimum absolute atomic E-state index is 0.577. The largest absolute Gasteiger partial charge is 0.381 e. The van der Waals surface area contributed by atoms with Crippen LogP contribution in [0.2, 0.25) is 0 Å². The predicted molar refractivity (Wildman–Crippen MR) is 80.5 cm³/mol. The molecule has 0 saturated carbocycles. The fraction of sp³-hybridized carbons (Fsp3) is 0.222. The second kappa shape index (κ2) is 7.85. The zero-order chi connectivity index (χ0) is 14.9. The summed E-state index contributed by atoms with van der Waals surface area (Å²) in [5, 5.41) is 18.0. The van der Waals surface area contributed by atoms with E-state index in [1.807, 2.05) is 48.5 Å². The molecule has 0 aliphatic heterocycles. The second-order valence-electron chi connectivity index (χ2n) is 4.65. The van der Waals surface area contributed by atoms with Crippen molar-refractivity contribution in [2.45, 2.75) is 12.8 Å². The molecule has 3 nitrogen and oxygen atoms in total. The summed E-state index contributed by atoms with van der Waals surface area (Å²) in [5.41, 5.74) is 3.43. The lowest BCUT2D eigenvalue weighted by molar-refractivity contribution is 0.140. The van der Waals surface area contributed by atoms with Crippen molar-refractivity contribution in [1.29, 1.82) is 10.5 Å². The van der Waals surface area contributed by atoms with Gasteiger partial charge in [-0.05, 0) is 36.1 Å². The molecule has 3 heteroatoms. The lowest BCUT2D eigenvalue weighted by Gasteiger charge is -2.07. The molecule has 0 bridgehead atoms. The van der Waals surface area contributed by atoms with Crippen LogP contribution in [0.25, 0.3) is 0 Å². The van der Waals surface area contributed by atoms with Crippen molar-refractivity contribution in [3.8, 4) is 12.1 Å². The second-order valence-corrected chi connectivity index (χ2v) is 4.65. The average molecular weight is 276 g/mol. The van der Waals surface area contributed by atoms with E-state index in [9.17, 15) is 0 Å². The summed E-state index contributed by atoms with van der Waals surface area (Å²) < 4.78 is 5.62. The molecule has 0 fully saturated rings. The molecular weight excluding hydrogens is 260 g/mol. The van der Waals surface area contributed by atoms with Gasteiger partial charge in [-0.15, -0.1) is 0 Å². The van der Waals surface area contributed by atoms with E-state index in [2.05, 4.69) is 12.1 Å². The standard InChI is InChI=1S/C18H16N2O/c19-13-17-7-3-1-5-15(17)9-11-21-12-10-16-6-2-4-8-18(16)14-20/h1-8H,9-12H2. The van der Waals surface area contributed by atoms with Crippen LogP contribution in [0.1, 0.15) is 22.3 Å². The molecule has 0 heterocycles. The number of benzene rings is 2. The van der Waals surface area contributed by atoms with Crippen LogP contribution >= 0.6 is 0 Å². The van der Waals surface area contributed by atoms with Gasteiger partial charge in [-0.25, -0.2) is 0 Å². The summed E-state index contributed by atoms with van der Waals surface area (Å²) in [6, 6.07) is 19.5. The maximum Gasteiger partial charge on any atom is 0.0994 e. The molecule has 0 atom stereocenters. The van der Waals surface area contributed by atoms with Crippen LogP contribution in [-0.2, 0) is 17.6 Å². The summed E-state index contributed by atoms with van der Waals surface area (Å²) in [7, 11) is 0. The van der Waals surface area contributed by atoms with Gasteiger partial charge in [0, 0.05) is 0 Å². The van der Waals surface area contributed by atoms with Crippen LogP contribution in [0, 0.1) is 22.7 Å². The summed E-state index contributed by atoms with van der Waals surface area (Å²) in [6.45, 7) is 1.15. The van der Waals surface area contributed by atoms with Gasteiger partial charge in [-0.1, -0.05) is 36.4 Å². The van der Waals surface area contributed by atoms with E-state index in [0.29, 0.717) is 24.3 Å². The fourth-order valence-corrected chi connectivity index (χ4v) is 2.16. The molecule has 2 rings (SSSR count). The average Bonchev–Trinajstić information content (AvgIpc) is 2.55. The zero-order valence-electron chi connectivity index (χ0n) is 11.7. The highest BCUT2D eigenvalue weighted by molar-refractivity contribution is 5.38. The van der Waals surface area contributed by atoms with Crippen LogP contribution in [0.3, 0.4) is 0 Å². The Morgan fingerprint density at radius 3 is 1.57 bits per heavy atom. The summed E-state index contributed by atoms with van der Waals surface area (Å²) in [6.07, 6.45) is 1.45. The van der Waals surface area contributed by atoms with Crippen molar-refractivity contribution >= 4 is 0 Å². The number of hydrogen-bond acceptors (Lipinski definition) is 3. The van der Waals surface area contributed by atoms with Gasteiger partial charge in [-0.2, -0.15) is 10.5 Å². The van der Waals surface area contributed by atoms with Crippen LogP contribution in [0.4, 0.5) is 0 Å². The van der Waals surface area contributed by atoms with Gasteiger partial charge < -0.3 is 4.74 Å². The fourth-order valence-electron chi connectivity index (χ4n) is 2.16. The Balaban J connectivity index is 1.78. The summed E-state index contributed by atoms with van der Waals surface area (Å²) >= 11 is 0. The van der Waals surface area contributed by atoms with Gasteiger partial charge in [0.2, 0.25) is 0 Å². The number of nitrogens with zero attached hydrogens (tertiary/aromatic N) is 2. The Bertz CT molecular complexity index is 621. The van der Waals surface area contributed by atoms with E-state index in [1.165, 1.54) is 0 Å². The maximum atomic E-state index is 9.01. The number of hydrogen-bond donors (Lipinski definition) is 0. The number of nitriles is 2. The Morgan fingerprint density at radius 2 is 1.14 bits per heavy atom. The zero-order valence-corrected chi connectivity index (χ0v) is 11.7. The molecule has 0 N–H and O–H groups in total. The van der Waals surface area contributed by atoms with Crippen molar-refractivity contribution in [3.05, 3.63) is 70.8 Å². The SMILES string of the molecule is N#Cc1ccccc1CCOCCc1ccccc1C#N. The highest BCUT2D eigenvalue weighted by atomic mass is 16.5. The third-order valence-corrected chi connectivity index (χ3v) is 3.31. The first-order valence-electron chi connectivity index (χ1n) is 6.89. The van der Waals surface area contributed by atoms with Gasteiger partial charge in [0.05, 0.1) is 36.5 Å². The molecule has 0 aliphatic carbocycles. The third kappa shape index (κ3) is 4.18. The molecule has 0 aliphatic rings. The van der Waals surface area contributed by atoms with Gasteiger partial charge in [0.15, 0.2) is 0 Å². The van der Waals surface area contributed by atoms with Crippen molar-refractivity contribution in [3.63, 3.8) is 0 Å². The highest BCUT2D eigenvalue weighted by Gasteiger charge is 2.02. The molecule has 104 valence electrons. The Labute approximate surface area is 125 Å². The molecule has 21 heavy (non-hydrogen) atoms. The maximum absolute atomic E-state index is 9.01. The highest BCUT2D eigenvalue weighted by Crippen LogP contribution is 2.10.